The van der Waals surface area contributed by atoms with Crippen LogP contribution in [0.3, 0.4) is 0 Å². The summed E-state index contributed by atoms with van der Waals surface area (Å²) in [6.45, 7) is 0.411. The molecule has 5 nitrogen and oxygen atoms in total. The number of hydrazine groups is 2. The zero-order valence-corrected chi connectivity index (χ0v) is 8.98. The maximum absolute atomic E-state index is 11.9. The van der Waals surface area contributed by atoms with Gasteiger partial charge in [0.25, 0.3) is 0 Å². The van der Waals surface area contributed by atoms with Crippen LogP contribution in [0.4, 0.5) is 8.78 Å². The Morgan fingerprint density at radius 1 is 1.44 bits per heavy atom. The Hall–Kier alpha value is -1.36. The Kier molecular flexibility index (Phi) is 6.41. The maximum atomic E-state index is 11.9. The number of nitrogens with zero attached hydrogens (tertiary/aromatic N) is 1. The molecule has 4 N–H and O–H groups in total. The van der Waals surface area contributed by atoms with Crippen LogP contribution in [-0.4, -0.2) is 34.0 Å². The minimum atomic E-state index is -2.61. The summed E-state index contributed by atoms with van der Waals surface area (Å²) in [4.78, 5) is 0. The van der Waals surface area contributed by atoms with Gasteiger partial charge in [0.15, 0.2) is 0 Å². The molecule has 0 bridgehead atoms. The molecule has 1 aliphatic heterocycles. The molecule has 0 saturated heterocycles. The summed E-state index contributed by atoms with van der Waals surface area (Å²) in [5.41, 5.74) is 4.89. The Balaban J connectivity index is 0.000000385. The lowest BCUT2D eigenvalue weighted by atomic mass is 10.3. The van der Waals surface area contributed by atoms with Crippen LogP contribution in [0.5, 0.6) is 0 Å². The summed E-state index contributed by atoms with van der Waals surface area (Å²) < 4.78 is 23.7. The first-order valence-corrected chi connectivity index (χ1v) is 4.50. The minimum absolute atomic E-state index is 0.324. The zero-order valence-electron chi connectivity index (χ0n) is 8.98. The monoisotopic (exact) mass is 235 g/mol. The van der Waals surface area contributed by atoms with Crippen molar-refractivity contribution in [3.05, 3.63) is 11.9 Å². The van der Waals surface area contributed by atoms with E-state index in [9.17, 15) is 8.78 Å². The molecule has 7 heteroatoms. The normalized spacial score (nSPS) is 17.9. The van der Waals surface area contributed by atoms with Gasteiger partial charge >= 0.3 is 6.55 Å². The van der Waals surface area contributed by atoms with E-state index >= 15 is 0 Å². The molecular formula is C9H15F2N3O2. The predicted octanol–water partition coefficient (Wildman–Crippen LogP) is -0.244. The van der Waals surface area contributed by atoms with Crippen molar-refractivity contribution in [1.29, 1.82) is 0 Å². The molecule has 1 rings (SSSR count). The number of hydrogen-bond acceptors (Lipinski definition) is 5. The highest BCUT2D eigenvalue weighted by Crippen LogP contribution is 2.08. The van der Waals surface area contributed by atoms with E-state index in [1.165, 1.54) is 6.92 Å². The highest BCUT2D eigenvalue weighted by molar-refractivity contribution is 5.05. The third kappa shape index (κ3) is 5.50. The van der Waals surface area contributed by atoms with Crippen LogP contribution >= 0.6 is 0 Å². The molecule has 0 amide bonds. The van der Waals surface area contributed by atoms with Crippen molar-refractivity contribution in [2.75, 3.05) is 0 Å². The smallest absolute Gasteiger partial charge is 0.329 e. The molecule has 92 valence electrons. The topological polar surface area (TPSA) is 67.8 Å². The molecule has 0 saturated carbocycles. The van der Waals surface area contributed by atoms with Gasteiger partial charge in [-0.3, -0.25) is 0 Å². The number of aliphatic hydroxyl groups excluding tert-OH is 2. The predicted molar refractivity (Wildman–Crippen MR) is 54.4 cm³/mol. The molecule has 0 fully saturated rings. The van der Waals surface area contributed by atoms with Gasteiger partial charge in [0.2, 0.25) is 0 Å². The van der Waals surface area contributed by atoms with Crippen molar-refractivity contribution < 1.29 is 19.0 Å². The highest BCUT2D eigenvalue weighted by atomic mass is 19.3. The van der Waals surface area contributed by atoms with Crippen molar-refractivity contribution in [3.63, 3.8) is 0 Å². The van der Waals surface area contributed by atoms with Crippen LogP contribution in [0.2, 0.25) is 0 Å². The van der Waals surface area contributed by atoms with Gasteiger partial charge in [-0.15, -0.1) is 12.0 Å². The summed E-state index contributed by atoms with van der Waals surface area (Å²) in [6, 6.07) is 0. The first-order valence-electron chi connectivity index (χ1n) is 4.50. The molecule has 16 heavy (non-hydrogen) atoms. The van der Waals surface area contributed by atoms with Gasteiger partial charge in [0.1, 0.15) is 6.10 Å². The van der Waals surface area contributed by atoms with Gasteiger partial charge in [-0.1, -0.05) is 5.92 Å². The van der Waals surface area contributed by atoms with E-state index in [-0.39, 0.29) is 0 Å². The van der Waals surface area contributed by atoms with E-state index in [0.29, 0.717) is 10.7 Å². The van der Waals surface area contributed by atoms with Crippen molar-refractivity contribution >= 4 is 0 Å². The van der Waals surface area contributed by atoms with Crippen molar-refractivity contribution in [2.24, 2.45) is 0 Å². The summed E-state index contributed by atoms with van der Waals surface area (Å²) in [7, 11) is 0. The lowest BCUT2D eigenvalue weighted by molar-refractivity contribution is -0.0247. The number of halogens is 2. The third-order valence-corrected chi connectivity index (χ3v) is 1.51. The van der Waals surface area contributed by atoms with Gasteiger partial charge < -0.3 is 15.6 Å². The fraction of sp³-hybridized carbons (Fsp3) is 0.556. The van der Waals surface area contributed by atoms with E-state index in [1.807, 2.05) is 0 Å². The SMILES string of the molecule is C#CC(C)O.CC(O)C1=CN(C(F)F)NN1. The Morgan fingerprint density at radius 3 is 2.12 bits per heavy atom. The Bertz CT molecular complexity index is 274. The summed E-state index contributed by atoms with van der Waals surface area (Å²) in [5.74, 6) is 2.08. The number of nitrogens with one attached hydrogen (secondary N) is 2. The number of alkyl halides is 2. The van der Waals surface area contributed by atoms with E-state index in [4.69, 9.17) is 10.2 Å². The largest absolute Gasteiger partial charge is 0.387 e. The van der Waals surface area contributed by atoms with E-state index in [1.54, 1.807) is 6.92 Å². The van der Waals surface area contributed by atoms with Crippen LogP contribution < -0.4 is 11.0 Å². The molecule has 0 aliphatic carbocycles. The van der Waals surface area contributed by atoms with E-state index in [0.717, 1.165) is 6.20 Å². The Labute approximate surface area is 92.7 Å². The average Bonchev–Trinajstić information content (AvgIpc) is 2.67. The van der Waals surface area contributed by atoms with Crippen LogP contribution in [0, 0.1) is 12.3 Å². The standard InChI is InChI=1S/C5H9F2N3O.C4H6O/c1-3(11)4-2-10(5(6)7)9-8-4;1-3-4(2)5/h2-3,5,8-9,11H,1H3;1,4-5H,2H3. The lowest BCUT2D eigenvalue weighted by Crippen LogP contribution is -2.40. The summed E-state index contributed by atoms with van der Waals surface area (Å²) in [6.07, 6.45) is 4.43. The van der Waals surface area contributed by atoms with Crippen molar-refractivity contribution in [2.45, 2.75) is 32.6 Å². The number of hydrogen-bond donors (Lipinski definition) is 4. The second-order valence-corrected chi connectivity index (χ2v) is 3.02. The molecule has 2 atom stereocenters. The molecule has 0 aromatic carbocycles. The van der Waals surface area contributed by atoms with Gasteiger partial charge in [-0.2, -0.15) is 8.78 Å². The van der Waals surface area contributed by atoms with Crippen LogP contribution in [0.15, 0.2) is 11.9 Å². The van der Waals surface area contributed by atoms with Gasteiger partial charge in [0.05, 0.1) is 11.8 Å². The summed E-state index contributed by atoms with van der Waals surface area (Å²) in [5, 5.41) is 17.6. The van der Waals surface area contributed by atoms with E-state index in [2.05, 4.69) is 23.3 Å². The molecule has 0 aromatic heterocycles. The molecule has 0 spiro atoms. The van der Waals surface area contributed by atoms with Crippen LogP contribution in [-0.2, 0) is 0 Å². The van der Waals surface area contributed by atoms with Crippen LogP contribution in [0.25, 0.3) is 0 Å². The minimum Gasteiger partial charge on any atom is -0.387 e. The van der Waals surface area contributed by atoms with Gasteiger partial charge in [-0.25, -0.2) is 5.01 Å². The fourth-order valence-electron chi connectivity index (χ4n) is 0.661. The zero-order chi connectivity index (χ0) is 12.7. The van der Waals surface area contributed by atoms with Crippen molar-refractivity contribution in [3.8, 4) is 12.3 Å². The molecule has 0 aromatic rings. The molecular weight excluding hydrogens is 220 g/mol. The molecule has 1 aliphatic rings. The number of rotatable bonds is 2. The maximum Gasteiger partial charge on any atom is 0.329 e. The molecule has 2 unspecified atom stereocenters. The van der Waals surface area contributed by atoms with Crippen molar-refractivity contribution in [1.82, 2.24) is 16.0 Å². The highest BCUT2D eigenvalue weighted by Gasteiger charge is 2.20. The Morgan fingerprint density at radius 2 is 1.94 bits per heavy atom. The first-order chi connectivity index (χ1) is 7.38. The third-order valence-electron chi connectivity index (χ3n) is 1.51. The first kappa shape index (κ1) is 14.6. The quantitative estimate of drug-likeness (QED) is 0.393. The molecule has 1 heterocycles. The van der Waals surface area contributed by atoms with Gasteiger partial charge in [-0.05, 0) is 13.8 Å². The molecule has 0 radical (unpaired) electrons. The average molecular weight is 235 g/mol. The van der Waals surface area contributed by atoms with Crippen LogP contribution in [0.1, 0.15) is 13.8 Å². The van der Waals surface area contributed by atoms with E-state index < -0.39 is 18.8 Å². The lowest BCUT2D eigenvalue weighted by Gasteiger charge is -2.12. The fourth-order valence-corrected chi connectivity index (χ4v) is 0.661. The number of terminal acetylenes is 1. The van der Waals surface area contributed by atoms with Gasteiger partial charge in [0, 0.05) is 6.20 Å². The number of aliphatic hydroxyl groups is 2. The summed E-state index contributed by atoms with van der Waals surface area (Å²) >= 11 is 0. The second kappa shape index (κ2) is 7.00. The second-order valence-electron chi connectivity index (χ2n) is 3.02.